The van der Waals surface area contributed by atoms with E-state index in [1.165, 1.54) is 24.9 Å². The number of ether oxygens (including phenoxy) is 4. The number of hydrogen-bond acceptors (Lipinski definition) is 14. The zero-order valence-electron chi connectivity index (χ0n) is 21.5. The fourth-order valence-corrected chi connectivity index (χ4v) is 4.32. The number of aromatic nitrogens is 4. The van der Waals surface area contributed by atoms with Crippen molar-refractivity contribution in [1.29, 1.82) is 0 Å². The third kappa shape index (κ3) is 9.13. The number of rotatable bonds is 17. The van der Waals surface area contributed by atoms with E-state index in [-0.39, 0.29) is 37.4 Å². The molecule has 38 heavy (non-hydrogen) atoms. The smallest absolute Gasteiger partial charge is 0.341 e. The third-order valence-corrected chi connectivity index (χ3v) is 6.50. The van der Waals surface area contributed by atoms with Gasteiger partial charge in [-0.15, -0.1) is 0 Å². The van der Waals surface area contributed by atoms with Crippen LogP contribution < -0.4 is 20.6 Å². The van der Waals surface area contributed by atoms with Gasteiger partial charge in [0.25, 0.3) is 0 Å². The SMILES string of the molecule is CCOC(=O)CNP(=O)(NCC(=O)OCC)OC[C@@H](OCn1cnc2c(OC)nc(N)nc21)[C@H](O)C(C)O. The molecule has 6 N–H and O–H groups in total. The van der Waals surface area contributed by atoms with E-state index in [0.717, 1.165) is 0 Å². The number of aliphatic hydroxyl groups excluding tert-OH is 2. The molecule has 2 aromatic rings. The van der Waals surface area contributed by atoms with Crippen LogP contribution in [0.25, 0.3) is 11.2 Å². The normalized spacial score (nSPS) is 14.2. The summed E-state index contributed by atoms with van der Waals surface area (Å²) in [5.74, 6) is -1.35. The Balaban J connectivity index is 2.17. The van der Waals surface area contributed by atoms with Gasteiger partial charge in [-0.3, -0.25) is 18.7 Å². The average molecular weight is 564 g/mol. The molecular weight excluding hydrogens is 529 g/mol. The Morgan fingerprint density at radius 2 is 1.74 bits per heavy atom. The molecule has 214 valence electrons. The van der Waals surface area contributed by atoms with E-state index in [4.69, 9.17) is 29.2 Å². The summed E-state index contributed by atoms with van der Waals surface area (Å²) >= 11 is 0. The number of carbonyl (C=O) groups excluding carboxylic acids is 2. The predicted octanol–water partition coefficient (Wildman–Crippen LogP) is -1.07. The van der Waals surface area contributed by atoms with Crippen molar-refractivity contribution in [1.82, 2.24) is 29.7 Å². The van der Waals surface area contributed by atoms with E-state index < -0.39 is 57.6 Å². The number of methoxy groups -OCH3 is 1. The first-order chi connectivity index (χ1) is 18.0. The lowest BCUT2D eigenvalue weighted by Gasteiger charge is -2.27. The molecule has 0 spiro atoms. The summed E-state index contributed by atoms with van der Waals surface area (Å²) in [7, 11) is -2.69. The molecule has 0 radical (unpaired) electrons. The first-order valence-corrected chi connectivity index (χ1v) is 13.2. The first kappa shape index (κ1) is 31.3. The quantitative estimate of drug-likeness (QED) is 0.114. The van der Waals surface area contributed by atoms with Crippen LogP contribution in [-0.2, 0) is 39.6 Å². The lowest BCUT2D eigenvalue weighted by Crippen LogP contribution is -2.42. The van der Waals surface area contributed by atoms with E-state index in [9.17, 15) is 24.4 Å². The molecule has 0 amide bonds. The van der Waals surface area contributed by atoms with Crippen molar-refractivity contribution in [2.24, 2.45) is 0 Å². The highest BCUT2D eigenvalue weighted by molar-refractivity contribution is 7.54. The highest BCUT2D eigenvalue weighted by atomic mass is 31.2. The van der Waals surface area contributed by atoms with Gasteiger partial charge in [0, 0.05) is 0 Å². The van der Waals surface area contributed by atoms with Gasteiger partial charge >= 0.3 is 19.6 Å². The van der Waals surface area contributed by atoms with Gasteiger partial charge in [0.05, 0.1) is 39.4 Å². The Labute approximate surface area is 218 Å². The maximum Gasteiger partial charge on any atom is 0.341 e. The molecule has 0 saturated carbocycles. The molecule has 1 unspecified atom stereocenters. The van der Waals surface area contributed by atoms with E-state index in [0.29, 0.717) is 5.52 Å². The van der Waals surface area contributed by atoms with Gasteiger partial charge in [0.2, 0.25) is 11.8 Å². The minimum absolute atomic E-state index is 0.0683. The largest absolute Gasteiger partial charge is 0.479 e. The number of nitrogen functional groups attached to an aromatic ring is 1. The standard InChI is InChI=1S/C20H34N7O10P/c1-5-34-14(29)7-23-38(32,24-8-15(30)35-6-2)37-9-13(17(31)12(3)28)36-11-27-10-22-16-18(27)25-20(21)26-19(16)33-4/h10,12-13,17,28,31H,5-9,11H2,1-4H3,(H2,21,25,26)(H2,23,24,32)/t12?,13-,17-/m1/s1. The van der Waals surface area contributed by atoms with E-state index in [1.807, 2.05) is 0 Å². The molecule has 0 aromatic carbocycles. The van der Waals surface area contributed by atoms with Crippen molar-refractivity contribution in [3.8, 4) is 5.88 Å². The Morgan fingerprint density at radius 1 is 1.13 bits per heavy atom. The number of aliphatic hydroxyl groups is 2. The Bertz CT molecular complexity index is 1090. The molecule has 3 atom stereocenters. The number of esters is 2. The molecule has 18 heteroatoms. The van der Waals surface area contributed by atoms with Crippen molar-refractivity contribution >= 4 is 36.7 Å². The second-order valence-electron chi connectivity index (χ2n) is 7.67. The van der Waals surface area contributed by atoms with Crippen molar-refractivity contribution in [3.05, 3.63) is 6.33 Å². The fraction of sp³-hybridized carbons (Fsp3) is 0.650. The van der Waals surface area contributed by atoms with Crippen molar-refractivity contribution < 1.29 is 47.8 Å². The summed E-state index contributed by atoms with van der Waals surface area (Å²) in [6, 6.07) is 0. The van der Waals surface area contributed by atoms with Crippen molar-refractivity contribution in [3.63, 3.8) is 0 Å². The van der Waals surface area contributed by atoms with Crippen molar-refractivity contribution in [2.75, 3.05) is 45.8 Å². The zero-order chi connectivity index (χ0) is 28.3. The van der Waals surface area contributed by atoms with Crippen LogP contribution in [0.3, 0.4) is 0 Å². The average Bonchev–Trinajstić information content (AvgIpc) is 3.28. The number of imidazole rings is 1. The van der Waals surface area contributed by atoms with Gasteiger partial charge in [-0.05, 0) is 20.8 Å². The zero-order valence-corrected chi connectivity index (χ0v) is 22.4. The summed E-state index contributed by atoms with van der Waals surface area (Å²) < 4.78 is 40.7. The summed E-state index contributed by atoms with van der Waals surface area (Å²) in [6.45, 7) is 2.94. The number of fused-ring (bicyclic) bond motifs is 1. The Kier molecular flexibility index (Phi) is 12.2. The van der Waals surface area contributed by atoms with Crippen LogP contribution in [0.2, 0.25) is 0 Å². The molecule has 2 rings (SSSR count). The molecule has 0 saturated heterocycles. The van der Waals surface area contributed by atoms with Crippen LogP contribution in [0.5, 0.6) is 5.88 Å². The van der Waals surface area contributed by atoms with Crippen LogP contribution in [0.1, 0.15) is 20.8 Å². The minimum Gasteiger partial charge on any atom is -0.479 e. The summed E-state index contributed by atoms with van der Waals surface area (Å²) in [6.07, 6.45) is -2.61. The first-order valence-electron chi connectivity index (χ1n) is 11.6. The molecule has 0 aliphatic rings. The van der Waals surface area contributed by atoms with Crippen LogP contribution in [0, 0.1) is 0 Å². The van der Waals surface area contributed by atoms with Crippen LogP contribution in [0.15, 0.2) is 6.33 Å². The minimum atomic E-state index is -4.09. The molecule has 2 heterocycles. The lowest BCUT2D eigenvalue weighted by molar-refractivity contribution is -0.142. The van der Waals surface area contributed by atoms with E-state index >= 15 is 0 Å². The molecule has 0 bridgehead atoms. The molecule has 0 fully saturated rings. The summed E-state index contributed by atoms with van der Waals surface area (Å²) in [5.41, 5.74) is 6.30. The maximum absolute atomic E-state index is 13.3. The van der Waals surface area contributed by atoms with Gasteiger partial charge < -0.3 is 39.4 Å². The number of nitrogens with one attached hydrogen (secondary N) is 2. The molecule has 0 aliphatic heterocycles. The topological polar surface area (TPSA) is 232 Å². The van der Waals surface area contributed by atoms with Gasteiger partial charge in [0.1, 0.15) is 32.0 Å². The Hall–Kier alpha value is -2.92. The Morgan fingerprint density at radius 3 is 2.26 bits per heavy atom. The monoisotopic (exact) mass is 563 g/mol. The lowest BCUT2D eigenvalue weighted by atomic mass is 10.1. The summed E-state index contributed by atoms with van der Waals surface area (Å²) in [4.78, 5) is 35.7. The van der Waals surface area contributed by atoms with Gasteiger partial charge in [0.15, 0.2) is 11.2 Å². The number of carbonyl (C=O) groups is 2. The second-order valence-corrected chi connectivity index (χ2v) is 9.66. The second kappa shape index (κ2) is 14.9. The van der Waals surface area contributed by atoms with Gasteiger partial charge in [-0.2, -0.15) is 9.97 Å². The highest BCUT2D eigenvalue weighted by Crippen LogP contribution is 2.37. The van der Waals surface area contributed by atoms with E-state index in [1.54, 1.807) is 13.8 Å². The van der Waals surface area contributed by atoms with Gasteiger partial charge in [-0.25, -0.2) is 15.2 Å². The molecule has 17 nitrogen and oxygen atoms in total. The summed E-state index contributed by atoms with van der Waals surface area (Å²) in [5, 5.41) is 25.2. The molecule has 0 aliphatic carbocycles. The molecule has 2 aromatic heterocycles. The van der Waals surface area contributed by atoms with Gasteiger partial charge in [-0.1, -0.05) is 0 Å². The maximum atomic E-state index is 13.3. The van der Waals surface area contributed by atoms with Crippen LogP contribution in [-0.4, -0.2) is 100 Å². The third-order valence-electron chi connectivity index (χ3n) is 4.84. The van der Waals surface area contributed by atoms with Crippen LogP contribution >= 0.6 is 7.67 Å². The van der Waals surface area contributed by atoms with E-state index in [2.05, 4.69) is 25.1 Å². The molecular formula is C20H34N7O10P. The fourth-order valence-electron chi connectivity index (χ4n) is 2.99. The number of nitrogens with zero attached hydrogens (tertiary/aromatic N) is 4. The number of anilines is 1. The number of nitrogens with two attached hydrogens (primary N) is 1. The number of hydrogen-bond donors (Lipinski definition) is 5. The highest BCUT2D eigenvalue weighted by Gasteiger charge is 2.31. The predicted molar refractivity (Wildman–Crippen MR) is 132 cm³/mol. The van der Waals surface area contributed by atoms with Crippen molar-refractivity contribution in [2.45, 2.75) is 45.8 Å². The van der Waals surface area contributed by atoms with Crippen LogP contribution in [0.4, 0.5) is 5.95 Å².